The molecule has 0 aromatic carbocycles. The molecule has 0 bridgehead atoms. The third-order valence-electron chi connectivity index (χ3n) is 1.68. The Kier molecular flexibility index (Phi) is 4.97. The molecule has 0 radical (unpaired) electrons. The van der Waals surface area contributed by atoms with E-state index in [0.717, 1.165) is 29.7 Å². The molecule has 0 aliphatic rings. The molecular weight excluding hydrogens is 196 g/mol. The van der Waals surface area contributed by atoms with E-state index in [9.17, 15) is 0 Å². The Hall–Kier alpha value is -0.550. The fraction of sp³-hybridized carbons (Fsp3) is 0.778. The van der Waals surface area contributed by atoms with E-state index in [2.05, 4.69) is 34.3 Å². The van der Waals surface area contributed by atoms with Crippen molar-refractivity contribution >= 4 is 11.8 Å². The van der Waals surface area contributed by atoms with Gasteiger partial charge in [0.1, 0.15) is 5.82 Å². The van der Waals surface area contributed by atoms with Crippen molar-refractivity contribution in [2.24, 2.45) is 0 Å². The number of rotatable bonds is 6. The summed E-state index contributed by atoms with van der Waals surface area (Å²) in [7, 11) is 0. The van der Waals surface area contributed by atoms with E-state index in [4.69, 9.17) is 0 Å². The number of H-pyrrole nitrogens is 1. The average molecular weight is 214 g/mol. The van der Waals surface area contributed by atoms with Gasteiger partial charge in [0.05, 0.1) is 0 Å². The van der Waals surface area contributed by atoms with Gasteiger partial charge in [-0.15, -0.1) is 5.10 Å². The van der Waals surface area contributed by atoms with Crippen molar-refractivity contribution in [1.29, 1.82) is 0 Å². The maximum atomic E-state index is 4.22. The first-order valence-electron chi connectivity index (χ1n) is 4.93. The smallest absolute Gasteiger partial charge is 0.208 e. The van der Waals surface area contributed by atoms with Gasteiger partial charge >= 0.3 is 0 Å². The average Bonchev–Trinajstić information content (AvgIpc) is 2.50. The van der Waals surface area contributed by atoms with Crippen LogP contribution in [0, 0.1) is 6.92 Å². The normalized spacial score (nSPS) is 11.1. The number of aryl methyl sites for hydroxylation is 1. The zero-order valence-electron chi connectivity index (χ0n) is 9.00. The summed E-state index contributed by atoms with van der Waals surface area (Å²) in [5, 5.41) is 11.1. The summed E-state index contributed by atoms with van der Waals surface area (Å²) >= 11 is 1.70. The highest BCUT2D eigenvalue weighted by Crippen LogP contribution is 2.12. The van der Waals surface area contributed by atoms with Crippen LogP contribution in [0.3, 0.4) is 0 Å². The van der Waals surface area contributed by atoms with Crippen LogP contribution in [-0.2, 0) is 0 Å². The van der Waals surface area contributed by atoms with Gasteiger partial charge in [-0.1, -0.05) is 25.6 Å². The third-order valence-corrected chi connectivity index (χ3v) is 2.62. The zero-order chi connectivity index (χ0) is 10.4. The van der Waals surface area contributed by atoms with Crippen molar-refractivity contribution in [2.75, 3.05) is 12.3 Å². The van der Waals surface area contributed by atoms with E-state index in [1.165, 1.54) is 0 Å². The molecule has 0 unspecified atom stereocenters. The molecule has 0 spiro atoms. The minimum Gasteiger partial charge on any atom is -0.315 e. The number of nitrogens with zero attached hydrogens (tertiary/aromatic N) is 2. The molecule has 0 saturated carbocycles. The molecule has 4 nitrogen and oxygen atoms in total. The second-order valence-electron chi connectivity index (χ2n) is 3.51. The molecule has 80 valence electrons. The van der Waals surface area contributed by atoms with Gasteiger partial charge < -0.3 is 5.32 Å². The van der Waals surface area contributed by atoms with E-state index >= 15 is 0 Å². The van der Waals surface area contributed by atoms with Crippen LogP contribution in [0.2, 0.25) is 0 Å². The number of thioether (sulfide) groups is 1. The summed E-state index contributed by atoms with van der Waals surface area (Å²) in [6.07, 6.45) is 1.15. The van der Waals surface area contributed by atoms with Crippen LogP contribution < -0.4 is 5.32 Å². The van der Waals surface area contributed by atoms with Crippen LogP contribution in [0.25, 0.3) is 0 Å². The predicted molar refractivity (Wildman–Crippen MR) is 59.6 cm³/mol. The van der Waals surface area contributed by atoms with Gasteiger partial charge in [0.15, 0.2) is 0 Å². The molecular formula is C9H18N4S. The van der Waals surface area contributed by atoms with Gasteiger partial charge in [0, 0.05) is 11.8 Å². The first kappa shape index (κ1) is 11.5. The van der Waals surface area contributed by atoms with E-state index < -0.39 is 0 Å². The Labute approximate surface area is 89.3 Å². The molecule has 0 saturated heterocycles. The van der Waals surface area contributed by atoms with E-state index in [0.29, 0.717) is 6.04 Å². The number of aromatic amines is 1. The van der Waals surface area contributed by atoms with Crippen LogP contribution in [0.4, 0.5) is 0 Å². The Morgan fingerprint density at radius 1 is 1.50 bits per heavy atom. The molecule has 0 aliphatic carbocycles. The Morgan fingerprint density at radius 3 is 2.86 bits per heavy atom. The van der Waals surface area contributed by atoms with E-state index in [1.54, 1.807) is 11.8 Å². The Morgan fingerprint density at radius 2 is 2.29 bits per heavy atom. The fourth-order valence-corrected chi connectivity index (χ4v) is 1.80. The molecule has 1 aromatic heterocycles. The van der Waals surface area contributed by atoms with Gasteiger partial charge in [0.2, 0.25) is 5.16 Å². The fourth-order valence-electron chi connectivity index (χ4n) is 1.01. The molecule has 5 heteroatoms. The molecule has 0 aliphatic heterocycles. The van der Waals surface area contributed by atoms with Gasteiger partial charge in [-0.3, -0.25) is 5.10 Å². The SMILES string of the molecule is Cc1nc(SCCCNC(C)C)n[nH]1. The summed E-state index contributed by atoms with van der Waals surface area (Å²) in [6.45, 7) is 7.29. The number of hydrogen-bond acceptors (Lipinski definition) is 4. The van der Waals surface area contributed by atoms with Crippen molar-refractivity contribution in [2.45, 2.75) is 38.4 Å². The van der Waals surface area contributed by atoms with Crippen molar-refractivity contribution in [3.63, 3.8) is 0 Å². The summed E-state index contributed by atoms with van der Waals surface area (Å²) in [5.41, 5.74) is 0. The van der Waals surface area contributed by atoms with Crippen molar-refractivity contribution in [3.05, 3.63) is 5.82 Å². The van der Waals surface area contributed by atoms with Crippen LogP contribution in [0.1, 0.15) is 26.1 Å². The zero-order valence-corrected chi connectivity index (χ0v) is 9.82. The first-order chi connectivity index (χ1) is 6.68. The lowest BCUT2D eigenvalue weighted by molar-refractivity contribution is 0.585. The van der Waals surface area contributed by atoms with E-state index in [-0.39, 0.29) is 0 Å². The summed E-state index contributed by atoms with van der Waals surface area (Å²) in [6, 6.07) is 0.575. The summed E-state index contributed by atoms with van der Waals surface area (Å²) in [5.74, 6) is 1.95. The molecule has 1 rings (SSSR count). The Balaban J connectivity index is 2.04. The number of nitrogens with one attached hydrogen (secondary N) is 2. The highest BCUT2D eigenvalue weighted by molar-refractivity contribution is 7.99. The van der Waals surface area contributed by atoms with Crippen LogP contribution in [-0.4, -0.2) is 33.5 Å². The van der Waals surface area contributed by atoms with Gasteiger partial charge in [-0.25, -0.2) is 4.98 Å². The van der Waals surface area contributed by atoms with Gasteiger partial charge in [-0.2, -0.15) is 0 Å². The van der Waals surface area contributed by atoms with Crippen LogP contribution in [0.5, 0.6) is 0 Å². The predicted octanol–water partition coefficient (Wildman–Crippen LogP) is 1.59. The molecule has 14 heavy (non-hydrogen) atoms. The molecule has 0 amide bonds. The maximum Gasteiger partial charge on any atom is 0.208 e. The summed E-state index contributed by atoms with van der Waals surface area (Å²) in [4.78, 5) is 4.22. The molecule has 1 heterocycles. The lowest BCUT2D eigenvalue weighted by Crippen LogP contribution is -2.23. The number of hydrogen-bond donors (Lipinski definition) is 2. The maximum absolute atomic E-state index is 4.22. The van der Waals surface area contributed by atoms with Crippen LogP contribution >= 0.6 is 11.8 Å². The minimum atomic E-state index is 0.575. The largest absolute Gasteiger partial charge is 0.315 e. The first-order valence-corrected chi connectivity index (χ1v) is 5.92. The van der Waals surface area contributed by atoms with Crippen molar-refractivity contribution in [3.8, 4) is 0 Å². The lowest BCUT2D eigenvalue weighted by Gasteiger charge is -2.06. The highest BCUT2D eigenvalue weighted by Gasteiger charge is 1.99. The quantitative estimate of drug-likeness (QED) is 0.558. The molecule has 0 fully saturated rings. The van der Waals surface area contributed by atoms with Gasteiger partial charge in [0.25, 0.3) is 0 Å². The van der Waals surface area contributed by atoms with Gasteiger partial charge in [-0.05, 0) is 19.9 Å². The third kappa shape index (κ3) is 4.62. The molecule has 1 aromatic rings. The standard InChI is InChI=1S/C9H18N4S/c1-7(2)10-5-4-6-14-9-11-8(3)12-13-9/h7,10H,4-6H2,1-3H3,(H,11,12,13). The van der Waals surface area contributed by atoms with Crippen molar-refractivity contribution < 1.29 is 0 Å². The highest BCUT2D eigenvalue weighted by atomic mass is 32.2. The lowest BCUT2D eigenvalue weighted by atomic mass is 10.4. The summed E-state index contributed by atoms with van der Waals surface area (Å²) < 4.78 is 0. The topological polar surface area (TPSA) is 53.6 Å². The second-order valence-corrected chi connectivity index (χ2v) is 4.58. The van der Waals surface area contributed by atoms with E-state index in [1.807, 2.05) is 6.92 Å². The Bertz CT molecular complexity index is 259. The van der Waals surface area contributed by atoms with Crippen molar-refractivity contribution in [1.82, 2.24) is 20.5 Å². The molecule has 2 N–H and O–H groups in total. The monoisotopic (exact) mass is 214 g/mol. The number of aromatic nitrogens is 3. The second kappa shape index (κ2) is 6.03. The minimum absolute atomic E-state index is 0.575. The molecule has 0 atom stereocenters. The van der Waals surface area contributed by atoms with Crippen LogP contribution in [0.15, 0.2) is 5.16 Å².